The summed E-state index contributed by atoms with van der Waals surface area (Å²) in [7, 11) is 0. The standard InChI is InChI=1S/C28H26F3N9O3/c29-28(30,31)16-43-27-39-23-32-13-17-4-6-18(7-5-17)14-33-25(41)36-21-2-1-3-22(12-21)37-26(42)34-15-19-8-10-20(11-9-19)35-24(38-23)40-27/h1-12H,13-16H2,(H2,33,36,41)(H2,34,37,42)(H2,32,35,38,39,40). The molecule has 6 N–H and O–H groups in total. The van der Waals surface area contributed by atoms with Crippen LogP contribution in [0.4, 0.5) is 51.7 Å². The lowest BCUT2D eigenvalue weighted by Crippen LogP contribution is -2.29. The normalized spacial score (nSPS) is 14.0. The molecule has 0 atom stereocenters. The summed E-state index contributed by atoms with van der Waals surface area (Å²) in [6.45, 7) is -0.853. The second kappa shape index (κ2) is 12.9. The summed E-state index contributed by atoms with van der Waals surface area (Å²) < 4.78 is 43.1. The van der Waals surface area contributed by atoms with Crippen molar-refractivity contribution < 1.29 is 27.5 Å². The first-order chi connectivity index (χ1) is 20.7. The Morgan fingerprint density at radius 3 is 1.70 bits per heavy atom. The third-order valence-electron chi connectivity index (χ3n) is 5.95. The molecule has 0 saturated carbocycles. The Kier molecular flexibility index (Phi) is 8.69. The minimum atomic E-state index is -4.58. The highest BCUT2D eigenvalue weighted by Gasteiger charge is 2.29. The summed E-state index contributed by atoms with van der Waals surface area (Å²) in [6.07, 6.45) is -4.58. The van der Waals surface area contributed by atoms with Crippen LogP contribution in [0.25, 0.3) is 0 Å². The number of ether oxygens (including phenoxy) is 1. The molecule has 7 rings (SSSR count). The van der Waals surface area contributed by atoms with Gasteiger partial charge in [0.1, 0.15) is 0 Å². The van der Waals surface area contributed by atoms with E-state index in [1.54, 1.807) is 48.5 Å². The third-order valence-corrected chi connectivity index (χ3v) is 5.95. The Hall–Kier alpha value is -5.60. The number of anilines is 5. The molecule has 0 unspecified atom stereocenters. The predicted octanol–water partition coefficient (Wildman–Crippen LogP) is 5.13. The Morgan fingerprint density at radius 2 is 1.14 bits per heavy atom. The zero-order chi connectivity index (χ0) is 30.2. The van der Waals surface area contributed by atoms with E-state index in [2.05, 4.69) is 46.9 Å². The van der Waals surface area contributed by atoms with E-state index in [1.807, 2.05) is 24.3 Å². The van der Waals surface area contributed by atoms with Crippen LogP contribution < -0.4 is 36.6 Å². The van der Waals surface area contributed by atoms with E-state index in [1.165, 1.54) is 0 Å². The Morgan fingerprint density at radius 1 is 0.628 bits per heavy atom. The number of nitrogens with zero attached hydrogens (tertiary/aromatic N) is 3. The molecule has 12 nitrogen and oxygen atoms in total. The van der Waals surface area contributed by atoms with Gasteiger partial charge >= 0.3 is 24.2 Å². The second-order valence-corrected chi connectivity index (χ2v) is 9.36. The summed E-state index contributed by atoms with van der Waals surface area (Å²) >= 11 is 0. The third kappa shape index (κ3) is 8.94. The van der Waals surface area contributed by atoms with E-state index in [0.29, 0.717) is 17.1 Å². The van der Waals surface area contributed by atoms with Crippen LogP contribution in [-0.2, 0) is 19.6 Å². The van der Waals surface area contributed by atoms with Crippen molar-refractivity contribution in [1.29, 1.82) is 0 Å². The molecule has 222 valence electrons. The van der Waals surface area contributed by atoms with E-state index in [9.17, 15) is 22.8 Å². The van der Waals surface area contributed by atoms with Crippen molar-refractivity contribution in [2.45, 2.75) is 25.8 Å². The molecular weight excluding hydrogens is 567 g/mol. The second-order valence-electron chi connectivity index (χ2n) is 9.36. The molecular formula is C28H26F3N9O3. The van der Waals surface area contributed by atoms with E-state index in [4.69, 9.17) is 4.74 Å². The van der Waals surface area contributed by atoms with E-state index >= 15 is 0 Å². The number of fused-ring (bicyclic) bond motifs is 2. The minimum absolute atomic E-state index is 0.00173. The van der Waals surface area contributed by atoms with Crippen molar-refractivity contribution in [1.82, 2.24) is 25.6 Å². The number of halogens is 3. The predicted molar refractivity (Wildman–Crippen MR) is 153 cm³/mol. The zero-order valence-electron chi connectivity index (χ0n) is 22.5. The van der Waals surface area contributed by atoms with Crippen molar-refractivity contribution >= 4 is 41.0 Å². The van der Waals surface area contributed by atoms with E-state index < -0.39 is 30.9 Å². The number of hydrogen-bond acceptors (Lipinski definition) is 8. The number of aromatic nitrogens is 3. The molecule has 0 spiro atoms. The Balaban J connectivity index is 1.38. The maximum absolute atomic E-state index is 12.8. The molecule has 3 aromatic carbocycles. The van der Waals surface area contributed by atoms with Crippen LogP contribution in [0.2, 0.25) is 0 Å². The first kappa shape index (κ1) is 28.9. The highest BCUT2D eigenvalue weighted by Crippen LogP contribution is 2.21. The Bertz CT molecular complexity index is 1580. The first-order valence-corrected chi connectivity index (χ1v) is 13.0. The quantitative estimate of drug-likeness (QED) is 0.187. The van der Waals surface area contributed by atoms with Gasteiger partial charge in [-0.1, -0.05) is 42.5 Å². The lowest BCUT2D eigenvalue weighted by Gasteiger charge is -2.12. The minimum Gasteiger partial charge on any atom is -0.454 e. The van der Waals surface area contributed by atoms with Crippen LogP contribution >= 0.6 is 0 Å². The van der Waals surface area contributed by atoms with Crippen LogP contribution in [0, 0.1) is 0 Å². The molecule has 4 aromatic rings. The highest BCUT2D eigenvalue weighted by atomic mass is 19.4. The van der Waals surface area contributed by atoms with Crippen LogP contribution in [-0.4, -0.2) is 39.8 Å². The van der Waals surface area contributed by atoms with Crippen LogP contribution in [0.15, 0.2) is 72.8 Å². The molecule has 8 bridgehead atoms. The number of nitrogens with one attached hydrogen (secondary N) is 6. The Labute approximate surface area is 243 Å². The number of hydrogen-bond donors (Lipinski definition) is 6. The van der Waals surface area contributed by atoms with Crippen LogP contribution in [0.3, 0.4) is 0 Å². The summed E-state index contributed by atoms with van der Waals surface area (Å²) in [5.41, 5.74) is 3.96. The van der Waals surface area contributed by atoms with Gasteiger partial charge in [-0.05, 0) is 47.0 Å². The molecule has 4 amide bonds. The van der Waals surface area contributed by atoms with Crippen LogP contribution in [0.1, 0.15) is 16.7 Å². The van der Waals surface area contributed by atoms with E-state index in [0.717, 1.165) is 16.7 Å². The number of carbonyl (C=O) groups is 2. The van der Waals surface area contributed by atoms with E-state index in [-0.39, 0.29) is 31.5 Å². The molecule has 1 aromatic heterocycles. The maximum Gasteiger partial charge on any atom is 0.422 e. The average Bonchev–Trinajstić information content (AvgIpc) is 2.97. The van der Waals surface area contributed by atoms with Gasteiger partial charge < -0.3 is 36.6 Å². The van der Waals surface area contributed by atoms with Gasteiger partial charge in [0.15, 0.2) is 6.61 Å². The topological polar surface area (TPSA) is 154 Å². The van der Waals surface area contributed by atoms with Crippen molar-refractivity contribution in [3.8, 4) is 6.01 Å². The molecule has 3 aliphatic rings. The molecule has 3 aliphatic heterocycles. The average molecular weight is 594 g/mol. The molecule has 0 radical (unpaired) electrons. The summed E-state index contributed by atoms with van der Waals surface area (Å²) in [4.78, 5) is 37.1. The van der Waals surface area contributed by atoms with Crippen molar-refractivity contribution in [3.05, 3.63) is 89.5 Å². The molecule has 0 fully saturated rings. The SMILES string of the molecule is O=C1NCc2ccc(cc2)CNc2nc(nc(OCC(F)(F)F)n2)Nc2ccc(cc2)CNC(=O)Nc2cccc(c2)N1. The number of alkyl halides is 3. The lowest BCUT2D eigenvalue weighted by atomic mass is 10.1. The van der Waals surface area contributed by atoms with Gasteiger partial charge in [0.2, 0.25) is 11.9 Å². The molecule has 0 saturated heterocycles. The van der Waals surface area contributed by atoms with Crippen LogP contribution in [0.5, 0.6) is 6.01 Å². The fourth-order valence-corrected chi connectivity index (χ4v) is 3.88. The fraction of sp³-hybridized carbons (Fsp3) is 0.179. The van der Waals surface area contributed by atoms with Gasteiger partial charge in [-0.2, -0.15) is 28.1 Å². The highest BCUT2D eigenvalue weighted by molar-refractivity contribution is 5.92. The number of benzene rings is 3. The number of rotatable bonds is 2. The lowest BCUT2D eigenvalue weighted by molar-refractivity contribution is -0.154. The first-order valence-electron chi connectivity index (χ1n) is 13.0. The molecule has 0 aliphatic carbocycles. The summed E-state index contributed by atoms with van der Waals surface area (Å²) in [5.74, 6) is -0.0366. The van der Waals surface area contributed by atoms with Gasteiger partial charge in [0, 0.05) is 36.7 Å². The number of urea groups is 2. The van der Waals surface area contributed by atoms with Gasteiger partial charge in [0.05, 0.1) is 0 Å². The smallest absolute Gasteiger partial charge is 0.422 e. The van der Waals surface area contributed by atoms with Gasteiger partial charge in [-0.15, -0.1) is 0 Å². The molecule has 43 heavy (non-hydrogen) atoms. The monoisotopic (exact) mass is 593 g/mol. The maximum atomic E-state index is 12.8. The van der Waals surface area contributed by atoms with Crippen molar-refractivity contribution in [2.75, 3.05) is 27.9 Å². The molecule has 4 heterocycles. The largest absolute Gasteiger partial charge is 0.454 e. The van der Waals surface area contributed by atoms with Gasteiger partial charge in [0.25, 0.3) is 0 Å². The van der Waals surface area contributed by atoms with Gasteiger partial charge in [-0.3, -0.25) is 0 Å². The summed E-state index contributed by atoms with van der Waals surface area (Å²) in [5, 5.41) is 16.9. The zero-order valence-corrected chi connectivity index (χ0v) is 22.5. The van der Waals surface area contributed by atoms with Crippen molar-refractivity contribution in [2.24, 2.45) is 0 Å². The molecule has 15 heteroatoms. The number of carbonyl (C=O) groups excluding carboxylic acids is 2. The number of amides is 4. The summed E-state index contributed by atoms with van der Waals surface area (Å²) in [6, 6.07) is 19.5. The fourth-order valence-electron chi connectivity index (χ4n) is 3.88. The van der Waals surface area contributed by atoms with Gasteiger partial charge in [-0.25, -0.2) is 9.59 Å². The van der Waals surface area contributed by atoms with Crippen molar-refractivity contribution in [3.63, 3.8) is 0 Å².